The molecule has 116 valence electrons. The Morgan fingerprint density at radius 3 is 2.95 bits per heavy atom. The van der Waals surface area contributed by atoms with Gasteiger partial charge >= 0.3 is 5.97 Å². The normalized spacial score (nSPS) is 15.5. The zero-order valence-electron chi connectivity index (χ0n) is 13.2. The van der Waals surface area contributed by atoms with E-state index in [1.165, 1.54) is 5.69 Å². The van der Waals surface area contributed by atoms with E-state index >= 15 is 0 Å². The number of ether oxygens (including phenoxy) is 1. The Morgan fingerprint density at radius 1 is 1.38 bits per heavy atom. The monoisotopic (exact) mass is 291 g/mol. The highest BCUT2D eigenvalue weighted by Gasteiger charge is 2.34. The van der Waals surface area contributed by atoms with Crippen LogP contribution in [0, 0.1) is 0 Å². The van der Waals surface area contributed by atoms with E-state index in [0.717, 1.165) is 31.5 Å². The molecule has 0 unspecified atom stereocenters. The molecule has 0 fully saturated rings. The lowest BCUT2D eigenvalue weighted by Crippen LogP contribution is -2.45. The Balaban J connectivity index is 1.79. The van der Waals surface area contributed by atoms with Crippen molar-refractivity contribution in [2.45, 2.75) is 52.1 Å². The highest BCUT2D eigenvalue weighted by atomic mass is 16.5. The number of fused-ring (bicyclic) bond motifs is 1. The highest BCUT2D eigenvalue weighted by molar-refractivity contribution is 5.76. The van der Waals surface area contributed by atoms with Gasteiger partial charge in [0, 0.05) is 19.2 Å². The van der Waals surface area contributed by atoms with Gasteiger partial charge in [-0.1, -0.05) is 6.42 Å². The standard InChI is InChI=1S/C16H25N3O2/c1-4-21-15(20)8-6-5-7-11-19-14-9-10-17-12-13(14)18-16(19,2)3/h9-10,12,18H,4-8,11H2,1-3H3. The summed E-state index contributed by atoms with van der Waals surface area (Å²) in [4.78, 5) is 17.8. The summed E-state index contributed by atoms with van der Waals surface area (Å²) < 4.78 is 4.94. The topological polar surface area (TPSA) is 54.5 Å². The van der Waals surface area contributed by atoms with Crippen LogP contribution < -0.4 is 10.2 Å². The maximum Gasteiger partial charge on any atom is 0.305 e. The Kier molecular flexibility index (Phi) is 5.04. The second-order valence-corrected chi connectivity index (χ2v) is 5.84. The Bertz CT molecular complexity index is 488. The maximum atomic E-state index is 11.3. The number of esters is 1. The first-order valence-corrected chi connectivity index (χ1v) is 7.70. The number of carbonyl (C=O) groups excluding carboxylic acids is 1. The van der Waals surface area contributed by atoms with Gasteiger partial charge in [0.05, 0.1) is 24.2 Å². The molecule has 0 spiro atoms. The van der Waals surface area contributed by atoms with E-state index in [9.17, 15) is 4.79 Å². The summed E-state index contributed by atoms with van der Waals surface area (Å²) in [7, 11) is 0. The minimum absolute atomic E-state index is 0.0860. The predicted octanol–water partition coefficient (Wildman–Crippen LogP) is 3.17. The molecule has 0 atom stereocenters. The van der Waals surface area contributed by atoms with Gasteiger partial charge in [-0.15, -0.1) is 0 Å². The fourth-order valence-corrected chi connectivity index (χ4v) is 2.77. The van der Waals surface area contributed by atoms with E-state index in [-0.39, 0.29) is 11.6 Å². The molecular weight excluding hydrogens is 266 g/mol. The number of aromatic nitrogens is 1. The number of nitrogens with one attached hydrogen (secondary N) is 1. The predicted molar refractivity (Wildman–Crippen MR) is 84.4 cm³/mol. The van der Waals surface area contributed by atoms with Crippen LogP contribution in [0.25, 0.3) is 0 Å². The van der Waals surface area contributed by atoms with Gasteiger partial charge in [0.15, 0.2) is 0 Å². The van der Waals surface area contributed by atoms with E-state index in [1.807, 2.05) is 19.3 Å². The molecular formula is C16H25N3O2. The lowest BCUT2D eigenvalue weighted by atomic mass is 10.1. The first kappa shape index (κ1) is 15.6. The minimum atomic E-state index is -0.0908. The molecule has 1 aromatic heterocycles. The highest BCUT2D eigenvalue weighted by Crippen LogP contribution is 2.38. The molecule has 0 bridgehead atoms. The van der Waals surface area contributed by atoms with Crippen LogP contribution >= 0.6 is 0 Å². The van der Waals surface area contributed by atoms with Gasteiger partial charge < -0.3 is 15.0 Å². The summed E-state index contributed by atoms with van der Waals surface area (Å²) in [5.41, 5.74) is 2.21. The summed E-state index contributed by atoms with van der Waals surface area (Å²) >= 11 is 0. The van der Waals surface area contributed by atoms with Crippen molar-refractivity contribution in [2.24, 2.45) is 0 Å². The Morgan fingerprint density at radius 2 is 2.19 bits per heavy atom. The van der Waals surface area contributed by atoms with Gasteiger partial charge in [-0.2, -0.15) is 0 Å². The molecule has 1 aliphatic heterocycles. The number of rotatable bonds is 7. The number of pyridine rings is 1. The molecule has 0 saturated carbocycles. The van der Waals surface area contributed by atoms with Gasteiger partial charge in [-0.05, 0) is 39.7 Å². The zero-order valence-corrected chi connectivity index (χ0v) is 13.2. The number of hydrogen-bond donors (Lipinski definition) is 1. The van der Waals surface area contributed by atoms with Crippen molar-refractivity contribution in [2.75, 3.05) is 23.4 Å². The van der Waals surface area contributed by atoms with Gasteiger partial charge in [0.1, 0.15) is 5.66 Å². The second-order valence-electron chi connectivity index (χ2n) is 5.84. The molecule has 5 heteroatoms. The molecule has 5 nitrogen and oxygen atoms in total. The van der Waals surface area contributed by atoms with Crippen molar-refractivity contribution in [3.05, 3.63) is 18.5 Å². The van der Waals surface area contributed by atoms with Gasteiger partial charge in [-0.3, -0.25) is 9.78 Å². The first-order valence-electron chi connectivity index (χ1n) is 7.70. The van der Waals surface area contributed by atoms with E-state index < -0.39 is 0 Å². The van der Waals surface area contributed by atoms with Crippen LogP contribution in [0.1, 0.15) is 46.5 Å². The van der Waals surface area contributed by atoms with Crippen LogP contribution in [0.15, 0.2) is 18.5 Å². The maximum absolute atomic E-state index is 11.3. The molecule has 1 aliphatic rings. The Hall–Kier alpha value is -1.78. The fraction of sp³-hybridized carbons (Fsp3) is 0.625. The molecule has 2 heterocycles. The molecule has 0 aromatic carbocycles. The molecule has 2 rings (SSSR count). The first-order chi connectivity index (χ1) is 10.0. The van der Waals surface area contributed by atoms with Crippen molar-refractivity contribution in [1.29, 1.82) is 0 Å². The molecule has 0 saturated heterocycles. The Labute approximate surface area is 126 Å². The average molecular weight is 291 g/mol. The lowest BCUT2D eigenvalue weighted by Gasteiger charge is -2.33. The number of nitrogens with zero attached hydrogens (tertiary/aromatic N) is 2. The van der Waals surface area contributed by atoms with Crippen molar-refractivity contribution in [1.82, 2.24) is 4.98 Å². The van der Waals surface area contributed by atoms with Crippen LogP contribution in [0.5, 0.6) is 0 Å². The summed E-state index contributed by atoms with van der Waals surface area (Å²) in [6, 6.07) is 2.05. The molecule has 1 N–H and O–H groups in total. The summed E-state index contributed by atoms with van der Waals surface area (Å²) in [5, 5.41) is 3.49. The number of hydrogen-bond acceptors (Lipinski definition) is 5. The minimum Gasteiger partial charge on any atom is -0.466 e. The van der Waals surface area contributed by atoms with Crippen molar-refractivity contribution in [3.63, 3.8) is 0 Å². The van der Waals surface area contributed by atoms with Crippen molar-refractivity contribution < 1.29 is 9.53 Å². The van der Waals surface area contributed by atoms with Gasteiger partial charge in [-0.25, -0.2) is 0 Å². The van der Waals surface area contributed by atoms with E-state index in [1.54, 1.807) is 0 Å². The summed E-state index contributed by atoms with van der Waals surface area (Å²) in [6.45, 7) is 7.63. The number of unbranched alkanes of at least 4 members (excludes halogenated alkanes) is 2. The number of carbonyl (C=O) groups is 1. The second kappa shape index (κ2) is 6.78. The summed E-state index contributed by atoms with van der Waals surface area (Å²) in [6.07, 6.45) is 7.21. The van der Waals surface area contributed by atoms with E-state index in [0.29, 0.717) is 13.0 Å². The largest absolute Gasteiger partial charge is 0.466 e. The SMILES string of the molecule is CCOC(=O)CCCCCN1c2ccncc2NC1(C)C. The van der Waals surface area contributed by atoms with E-state index in [2.05, 4.69) is 35.1 Å². The molecule has 21 heavy (non-hydrogen) atoms. The summed E-state index contributed by atoms with van der Waals surface area (Å²) in [5.74, 6) is -0.0860. The number of anilines is 2. The van der Waals surface area contributed by atoms with Crippen LogP contribution in [-0.4, -0.2) is 29.8 Å². The molecule has 1 aromatic rings. The van der Waals surface area contributed by atoms with Crippen LogP contribution in [0.3, 0.4) is 0 Å². The van der Waals surface area contributed by atoms with Crippen LogP contribution in [-0.2, 0) is 9.53 Å². The van der Waals surface area contributed by atoms with Gasteiger partial charge in [0.2, 0.25) is 0 Å². The van der Waals surface area contributed by atoms with Crippen LogP contribution in [0.2, 0.25) is 0 Å². The van der Waals surface area contributed by atoms with Crippen molar-refractivity contribution >= 4 is 17.3 Å². The molecule has 0 aliphatic carbocycles. The van der Waals surface area contributed by atoms with Crippen molar-refractivity contribution in [3.8, 4) is 0 Å². The molecule has 0 radical (unpaired) electrons. The van der Waals surface area contributed by atoms with Crippen LogP contribution in [0.4, 0.5) is 11.4 Å². The average Bonchev–Trinajstić information content (AvgIpc) is 2.69. The van der Waals surface area contributed by atoms with Gasteiger partial charge in [0.25, 0.3) is 0 Å². The third-order valence-electron chi connectivity index (χ3n) is 3.77. The van der Waals surface area contributed by atoms with E-state index in [4.69, 9.17) is 4.74 Å². The quantitative estimate of drug-likeness (QED) is 0.617. The third-order valence-corrected chi connectivity index (χ3v) is 3.77. The fourth-order valence-electron chi connectivity index (χ4n) is 2.77. The third kappa shape index (κ3) is 3.86. The zero-order chi connectivity index (χ0) is 15.3. The smallest absolute Gasteiger partial charge is 0.305 e. The molecule has 0 amide bonds. The lowest BCUT2D eigenvalue weighted by molar-refractivity contribution is -0.143.